The van der Waals surface area contributed by atoms with E-state index in [-0.39, 0.29) is 6.03 Å². The van der Waals surface area contributed by atoms with Crippen molar-refractivity contribution < 1.29 is 4.79 Å². The topological polar surface area (TPSA) is 41.1 Å². The first-order valence-electron chi connectivity index (χ1n) is 6.65. The molecule has 0 saturated heterocycles. The van der Waals surface area contributed by atoms with Crippen LogP contribution in [0.3, 0.4) is 0 Å². The Morgan fingerprint density at radius 2 is 1.90 bits per heavy atom. The van der Waals surface area contributed by atoms with Gasteiger partial charge in [-0.2, -0.15) is 0 Å². The number of carbonyl (C=O) groups is 1. The molecule has 2 aromatic carbocycles. The first-order chi connectivity index (χ1) is 10.1. The summed E-state index contributed by atoms with van der Waals surface area (Å²) in [6.45, 7) is 1.01. The summed E-state index contributed by atoms with van der Waals surface area (Å²) in [6, 6.07) is 15.3. The monoisotopic (exact) mass is 366 g/mol. The molecule has 2 N–H and O–H groups in total. The van der Waals surface area contributed by atoms with Gasteiger partial charge in [0.1, 0.15) is 0 Å². The van der Waals surface area contributed by atoms with Crippen molar-refractivity contribution in [1.82, 2.24) is 10.6 Å². The summed E-state index contributed by atoms with van der Waals surface area (Å²) in [5.41, 5.74) is 2.08. The van der Waals surface area contributed by atoms with E-state index in [0.717, 1.165) is 16.5 Å². The van der Waals surface area contributed by atoms with Crippen LogP contribution in [-0.4, -0.2) is 12.6 Å². The van der Waals surface area contributed by atoms with Gasteiger partial charge in [-0.05, 0) is 35.7 Å². The number of carbonyl (C=O) groups excluding carboxylic acids is 1. The predicted octanol–water partition coefficient (Wildman–Crippen LogP) is 4.14. The van der Waals surface area contributed by atoms with Gasteiger partial charge in [0, 0.05) is 22.6 Å². The molecule has 0 atom stereocenters. The zero-order valence-electron chi connectivity index (χ0n) is 11.4. The Kier molecular flexibility index (Phi) is 6.08. The molecule has 0 saturated carbocycles. The van der Waals surface area contributed by atoms with E-state index in [1.807, 2.05) is 48.5 Å². The van der Waals surface area contributed by atoms with Gasteiger partial charge in [-0.15, -0.1) is 0 Å². The molecule has 0 heterocycles. The van der Waals surface area contributed by atoms with E-state index in [4.69, 9.17) is 11.6 Å². The van der Waals surface area contributed by atoms with E-state index in [2.05, 4.69) is 26.6 Å². The van der Waals surface area contributed by atoms with E-state index < -0.39 is 0 Å². The number of hydrogen-bond acceptors (Lipinski definition) is 1. The van der Waals surface area contributed by atoms with Crippen molar-refractivity contribution >= 4 is 33.6 Å². The number of amides is 2. The average molecular weight is 368 g/mol. The summed E-state index contributed by atoms with van der Waals surface area (Å²) < 4.78 is 1.04. The maximum atomic E-state index is 11.7. The molecule has 0 unspecified atom stereocenters. The Bertz CT molecular complexity index is 619. The number of rotatable bonds is 5. The maximum Gasteiger partial charge on any atom is 0.315 e. The minimum atomic E-state index is -0.190. The summed E-state index contributed by atoms with van der Waals surface area (Å²) in [4.78, 5) is 11.7. The summed E-state index contributed by atoms with van der Waals surface area (Å²) >= 11 is 9.46. The number of hydrogen-bond donors (Lipinski definition) is 2. The van der Waals surface area contributed by atoms with Crippen LogP contribution in [0.4, 0.5) is 4.79 Å². The molecule has 0 aliphatic rings. The molecular weight excluding hydrogens is 352 g/mol. The van der Waals surface area contributed by atoms with Crippen LogP contribution in [0.25, 0.3) is 0 Å². The third-order valence-electron chi connectivity index (χ3n) is 2.99. The first-order valence-corrected chi connectivity index (χ1v) is 7.82. The van der Waals surface area contributed by atoms with E-state index in [0.29, 0.717) is 18.1 Å². The van der Waals surface area contributed by atoms with Crippen LogP contribution in [0.5, 0.6) is 0 Å². The fourth-order valence-corrected chi connectivity index (χ4v) is 2.54. The second-order valence-electron chi connectivity index (χ2n) is 4.58. The lowest BCUT2D eigenvalue weighted by Crippen LogP contribution is -2.36. The fourth-order valence-electron chi connectivity index (χ4n) is 1.89. The summed E-state index contributed by atoms with van der Waals surface area (Å²) in [7, 11) is 0. The van der Waals surface area contributed by atoms with Crippen LogP contribution in [0.15, 0.2) is 53.0 Å². The number of halogens is 2. The van der Waals surface area contributed by atoms with Gasteiger partial charge in [0.2, 0.25) is 0 Å². The molecule has 0 bridgehead atoms. The Balaban J connectivity index is 1.72. The van der Waals surface area contributed by atoms with Crippen molar-refractivity contribution in [1.29, 1.82) is 0 Å². The summed E-state index contributed by atoms with van der Waals surface area (Å²) in [5, 5.41) is 6.28. The second kappa shape index (κ2) is 8.05. The van der Waals surface area contributed by atoms with Crippen LogP contribution >= 0.6 is 27.5 Å². The molecule has 0 aliphatic heterocycles. The lowest BCUT2D eigenvalue weighted by Gasteiger charge is -2.09. The highest BCUT2D eigenvalue weighted by Crippen LogP contribution is 2.14. The summed E-state index contributed by atoms with van der Waals surface area (Å²) in [6.07, 6.45) is 0.791. The van der Waals surface area contributed by atoms with Crippen LogP contribution in [-0.2, 0) is 13.0 Å². The third kappa shape index (κ3) is 5.40. The SMILES string of the molecule is O=C(NCCc1cccc(Br)c1)NCc1ccccc1Cl. The molecule has 2 rings (SSSR count). The van der Waals surface area contributed by atoms with Gasteiger partial charge < -0.3 is 10.6 Å². The van der Waals surface area contributed by atoms with E-state index in [1.54, 1.807) is 0 Å². The van der Waals surface area contributed by atoms with Gasteiger partial charge in [0.15, 0.2) is 0 Å². The third-order valence-corrected chi connectivity index (χ3v) is 3.85. The van der Waals surface area contributed by atoms with Gasteiger partial charge in [-0.3, -0.25) is 0 Å². The highest BCUT2D eigenvalue weighted by Gasteiger charge is 2.03. The molecular formula is C16H16BrClN2O. The largest absolute Gasteiger partial charge is 0.338 e. The molecule has 110 valence electrons. The molecule has 0 aromatic heterocycles. The van der Waals surface area contributed by atoms with Crippen LogP contribution in [0.1, 0.15) is 11.1 Å². The Hall–Kier alpha value is -1.52. The molecule has 2 aromatic rings. The predicted molar refractivity (Wildman–Crippen MR) is 89.5 cm³/mol. The van der Waals surface area contributed by atoms with Gasteiger partial charge in [0.25, 0.3) is 0 Å². The average Bonchev–Trinajstić information content (AvgIpc) is 2.46. The highest BCUT2D eigenvalue weighted by atomic mass is 79.9. The smallest absolute Gasteiger partial charge is 0.315 e. The first kappa shape index (κ1) is 15.9. The molecule has 0 radical (unpaired) electrons. The van der Waals surface area contributed by atoms with Gasteiger partial charge in [-0.25, -0.2) is 4.79 Å². The van der Waals surface area contributed by atoms with Crippen molar-refractivity contribution in [3.63, 3.8) is 0 Å². The van der Waals surface area contributed by atoms with E-state index >= 15 is 0 Å². The lowest BCUT2D eigenvalue weighted by molar-refractivity contribution is 0.240. The molecule has 2 amide bonds. The van der Waals surface area contributed by atoms with Crippen molar-refractivity contribution in [2.45, 2.75) is 13.0 Å². The molecule has 0 aliphatic carbocycles. The van der Waals surface area contributed by atoms with Crippen LogP contribution in [0, 0.1) is 0 Å². The van der Waals surface area contributed by atoms with Crippen molar-refractivity contribution in [2.75, 3.05) is 6.54 Å². The minimum absolute atomic E-state index is 0.190. The fraction of sp³-hybridized carbons (Fsp3) is 0.188. The Morgan fingerprint density at radius 3 is 2.67 bits per heavy atom. The molecule has 0 fully saturated rings. The van der Waals surface area contributed by atoms with Gasteiger partial charge in [0.05, 0.1) is 0 Å². The quantitative estimate of drug-likeness (QED) is 0.819. The molecule has 5 heteroatoms. The number of benzene rings is 2. The minimum Gasteiger partial charge on any atom is -0.338 e. The summed E-state index contributed by atoms with van der Waals surface area (Å²) in [5.74, 6) is 0. The van der Waals surface area contributed by atoms with Crippen molar-refractivity contribution in [3.05, 3.63) is 69.2 Å². The Morgan fingerprint density at radius 1 is 1.10 bits per heavy atom. The van der Waals surface area contributed by atoms with Crippen LogP contribution in [0.2, 0.25) is 5.02 Å². The number of nitrogens with one attached hydrogen (secondary N) is 2. The Labute approximate surface area is 137 Å². The maximum absolute atomic E-state index is 11.7. The van der Waals surface area contributed by atoms with E-state index in [1.165, 1.54) is 5.56 Å². The standard InChI is InChI=1S/C16H16BrClN2O/c17-14-6-3-4-12(10-14)8-9-19-16(21)20-11-13-5-1-2-7-15(13)18/h1-7,10H,8-9,11H2,(H2,19,20,21). The lowest BCUT2D eigenvalue weighted by atomic mass is 10.1. The van der Waals surface area contributed by atoms with Gasteiger partial charge in [-0.1, -0.05) is 57.9 Å². The molecule has 0 spiro atoms. The second-order valence-corrected chi connectivity index (χ2v) is 5.90. The highest BCUT2D eigenvalue weighted by molar-refractivity contribution is 9.10. The van der Waals surface area contributed by atoms with E-state index in [9.17, 15) is 4.79 Å². The normalized spacial score (nSPS) is 10.2. The zero-order chi connectivity index (χ0) is 15.1. The molecule has 3 nitrogen and oxygen atoms in total. The van der Waals surface area contributed by atoms with Crippen LogP contribution < -0.4 is 10.6 Å². The zero-order valence-corrected chi connectivity index (χ0v) is 13.7. The van der Waals surface area contributed by atoms with Crippen molar-refractivity contribution in [3.8, 4) is 0 Å². The van der Waals surface area contributed by atoms with Crippen molar-refractivity contribution in [2.24, 2.45) is 0 Å². The number of urea groups is 1. The van der Waals surface area contributed by atoms with Gasteiger partial charge >= 0.3 is 6.03 Å². The molecule has 21 heavy (non-hydrogen) atoms.